The Bertz CT molecular complexity index is 910. The minimum Gasteiger partial charge on any atom is -0.342 e. The highest BCUT2D eigenvalue weighted by Crippen LogP contribution is 2.23. The van der Waals surface area contributed by atoms with Crippen LogP contribution in [0.2, 0.25) is 0 Å². The molecule has 2 N–H and O–H groups in total. The van der Waals surface area contributed by atoms with Gasteiger partial charge in [-0.25, -0.2) is 9.67 Å². The van der Waals surface area contributed by atoms with E-state index in [4.69, 9.17) is 0 Å². The first kappa shape index (κ1) is 14.0. The Labute approximate surface area is 128 Å². The summed E-state index contributed by atoms with van der Waals surface area (Å²) < 4.78 is 28.6. The number of aromatic amines is 1. The van der Waals surface area contributed by atoms with Crippen LogP contribution in [0.4, 0.5) is 5.69 Å². The normalized spacial score (nSPS) is 12.0. The molecule has 110 valence electrons. The van der Waals surface area contributed by atoms with Crippen molar-refractivity contribution in [2.75, 3.05) is 4.72 Å². The van der Waals surface area contributed by atoms with Gasteiger partial charge in [-0.1, -0.05) is 5.21 Å². The third-order valence-corrected chi connectivity index (χ3v) is 5.11. The molecule has 0 spiro atoms. The number of fused-ring (bicyclic) bond motifs is 1. The molecular weight excluding hydrogens is 360 g/mol. The first-order chi connectivity index (χ1) is 9.87. The number of benzene rings is 1. The van der Waals surface area contributed by atoms with E-state index in [9.17, 15) is 8.42 Å². The van der Waals surface area contributed by atoms with Gasteiger partial charge in [-0.05, 0) is 41.1 Å². The van der Waals surface area contributed by atoms with E-state index in [1.807, 2.05) is 6.92 Å². The third kappa shape index (κ3) is 2.51. The molecule has 0 aliphatic carbocycles. The van der Waals surface area contributed by atoms with Crippen molar-refractivity contribution >= 4 is 42.7 Å². The average molecular weight is 371 g/mol. The molecule has 8 nitrogen and oxygen atoms in total. The molecule has 0 aliphatic heterocycles. The zero-order valence-electron chi connectivity index (χ0n) is 11.1. The van der Waals surface area contributed by atoms with E-state index in [1.54, 1.807) is 18.2 Å². The summed E-state index contributed by atoms with van der Waals surface area (Å²) in [4.78, 5) is 7.32. The molecule has 10 heteroatoms. The molecule has 0 saturated carbocycles. The molecule has 2 aromatic heterocycles. The topological polar surface area (TPSA) is 106 Å². The molecule has 3 rings (SSSR count). The number of nitrogens with zero attached hydrogens (tertiary/aromatic N) is 4. The van der Waals surface area contributed by atoms with Crippen LogP contribution < -0.4 is 4.72 Å². The lowest BCUT2D eigenvalue weighted by atomic mass is 10.3. The number of halogens is 1. The maximum atomic E-state index is 12.4. The first-order valence-corrected chi connectivity index (χ1v) is 8.19. The van der Waals surface area contributed by atoms with Crippen molar-refractivity contribution in [2.24, 2.45) is 7.05 Å². The van der Waals surface area contributed by atoms with Gasteiger partial charge in [0.2, 0.25) is 5.03 Å². The van der Waals surface area contributed by atoms with Crippen LogP contribution in [0.5, 0.6) is 0 Å². The molecular formula is C11H11BrN6O2S. The van der Waals surface area contributed by atoms with Gasteiger partial charge in [0.25, 0.3) is 10.0 Å². The summed E-state index contributed by atoms with van der Waals surface area (Å²) in [5.41, 5.74) is 1.97. The van der Waals surface area contributed by atoms with Crippen LogP contribution in [-0.4, -0.2) is 33.4 Å². The second-order valence-corrected chi connectivity index (χ2v) is 6.82. The number of rotatable bonds is 3. The number of aryl methyl sites for hydroxylation is 2. The molecule has 0 bridgehead atoms. The fourth-order valence-electron chi connectivity index (χ4n) is 2.01. The Kier molecular flexibility index (Phi) is 3.21. The molecule has 0 unspecified atom stereocenters. The lowest BCUT2D eigenvalue weighted by Gasteiger charge is -2.07. The van der Waals surface area contributed by atoms with E-state index in [1.165, 1.54) is 11.7 Å². The zero-order chi connectivity index (χ0) is 15.2. The molecule has 0 radical (unpaired) electrons. The average Bonchev–Trinajstić information content (AvgIpc) is 2.90. The van der Waals surface area contributed by atoms with Gasteiger partial charge in [-0.2, -0.15) is 8.42 Å². The highest BCUT2D eigenvalue weighted by Gasteiger charge is 2.24. The number of anilines is 1. The molecule has 0 atom stereocenters. The molecule has 3 aromatic rings. The number of hydrogen-bond acceptors (Lipinski definition) is 5. The van der Waals surface area contributed by atoms with Crippen LogP contribution in [0, 0.1) is 6.92 Å². The van der Waals surface area contributed by atoms with E-state index in [-0.39, 0.29) is 9.63 Å². The van der Waals surface area contributed by atoms with Crippen molar-refractivity contribution in [3.63, 3.8) is 0 Å². The number of aromatic nitrogens is 5. The van der Waals surface area contributed by atoms with Gasteiger partial charge >= 0.3 is 0 Å². The van der Waals surface area contributed by atoms with Gasteiger partial charge in [0.15, 0.2) is 4.60 Å². The Hall–Kier alpha value is -1.94. The van der Waals surface area contributed by atoms with Gasteiger partial charge in [0.05, 0.1) is 16.7 Å². The van der Waals surface area contributed by atoms with Crippen molar-refractivity contribution in [1.82, 2.24) is 25.0 Å². The number of H-pyrrole nitrogens is 1. The molecule has 21 heavy (non-hydrogen) atoms. The van der Waals surface area contributed by atoms with Gasteiger partial charge < -0.3 is 4.98 Å². The van der Waals surface area contributed by atoms with Gasteiger partial charge in [0.1, 0.15) is 5.82 Å². The van der Waals surface area contributed by atoms with Gasteiger partial charge in [-0.3, -0.25) is 4.72 Å². The number of imidazole rings is 1. The van der Waals surface area contributed by atoms with Crippen molar-refractivity contribution < 1.29 is 8.42 Å². The van der Waals surface area contributed by atoms with E-state index in [0.29, 0.717) is 5.69 Å². The van der Waals surface area contributed by atoms with Crippen LogP contribution >= 0.6 is 15.9 Å². The summed E-state index contributed by atoms with van der Waals surface area (Å²) in [6.45, 7) is 1.84. The summed E-state index contributed by atoms with van der Waals surface area (Å²) in [6, 6.07) is 5.08. The van der Waals surface area contributed by atoms with Crippen LogP contribution in [0.25, 0.3) is 11.0 Å². The lowest BCUT2D eigenvalue weighted by Crippen LogP contribution is -2.17. The summed E-state index contributed by atoms with van der Waals surface area (Å²) >= 11 is 3.08. The van der Waals surface area contributed by atoms with E-state index in [2.05, 4.69) is 40.9 Å². The molecule has 0 fully saturated rings. The standard InChI is InChI=1S/C11H11BrN6O2S/c1-6-13-8-4-3-7(5-9(8)14-6)16-21(19,20)11-10(12)15-17-18(11)2/h3-5,16H,1-2H3,(H,13,14). The molecule has 0 saturated heterocycles. The van der Waals surface area contributed by atoms with Crippen molar-refractivity contribution in [2.45, 2.75) is 11.9 Å². The smallest absolute Gasteiger partial charge is 0.281 e. The summed E-state index contributed by atoms with van der Waals surface area (Å²) in [7, 11) is -2.28. The maximum absolute atomic E-state index is 12.4. The fourth-order valence-corrected chi connectivity index (χ4v) is 4.16. The summed E-state index contributed by atoms with van der Waals surface area (Å²) in [6.07, 6.45) is 0. The van der Waals surface area contributed by atoms with Crippen molar-refractivity contribution in [1.29, 1.82) is 0 Å². The first-order valence-electron chi connectivity index (χ1n) is 5.91. The minimum absolute atomic E-state index is 0.0385. The second-order valence-electron chi connectivity index (χ2n) is 4.47. The zero-order valence-corrected chi connectivity index (χ0v) is 13.5. The fraction of sp³-hybridized carbons (Fsp3) is 0.182. The largest absolute Gasteiger partial charge is 0.342 e. The van der Waals surface area contributed by atoms with E-state index >= 15 is 0 Å². The highest BCUT2D eigenvalue weighted by atomic mass is 79.9. The van der Waals surface area contributed by atoms with E-state index in [0.717, 1.165) is 16.9 Å². The SMILES string of the molecule is Cc1nc2ccc(NS(=O)(=O)c3c(Br)nnn3C)cc2[nH]1. The number of hydrogen-bond donors (Lipinski definition) is 2. The van der Waals surface area contributed by atoms with Crippen molar-refractivity contribution in [3.8, 4) is 0 Å². The summed E-state index contributed by atoms with van der Waals surface area (Å²) in [5.74, 6) is 0.767. The summed E-state index contributed by atoms with van der Waals surface area (Å²) in [5, 5.41) is 7.29. The quantitative estimate of drug-likeness (QED) is 0.727. The van der Waals surface area contributed by atoms with Crippen LogP contribution in [0.15, 0.2) is 27.8 Å². The molecule has 0 aliphatic rings. The van der Waals surface area contributed by atoms with Gasteiger partial charge in [0, 0.05) is 7.05 Å². The highest BCUT2D eigenvalue weighted by molar-refractivity contribution is 9.10. The Morgan fingerprint density at radius 2 is 2.14 bits per heavy atom. The Morgan fingerprint density at radius 1 is 1.38 bits per heavy atom. The van der Waals surface area contributed by atoms with E-state index < -0.39 is 10.0 Å². The number of nitrogens with one attached hydrogen (secondary N) is 2. The van der Waals surface area contributed by atoms with Crippen LogP contribution in [0.1, 0.15) is 5.82 Å². The monoisotopic (exact) mass is 370 g/mol. The predicted octanol–water partition coefficient (Wildman–Crippen LogP) is 1.56. The Balaban J connectivity index is 2.01. The third-order valence-electron chi connectivity index (χ3n) is 2.84. The second kappa shape index (κ2) is 4.81. The predicted molar refractivity (Wildman–Crippen MR) is 80.3 cm³/mol. The van der Waals surface area contributed by atoms with Crippen LogP contribution in [-0.2, 0) is 17.1 Å². The minimum atomic E-state index is -3.79. The molecule has 1 aromatic carbocycles. The van der Waals surface area contributed by atoms with Crippen molar-refractivity contribution in [3.05, 3.63) is 28.6 Å². The molecule has 0 amide bonds. The van der Waals surface area contributed by atoms with Crippen LogP contribution in [0.3, 0.4) is 0 Å². The molecule has 2 heterocycles. The Morgan fingerprint density at radius 3 is 2.81 bits per heavy atom. The maximum Gasteiger partial charge on any atom is 0.281 e. The lowest BCUT2D eigenvalue weighted by molar-refractivity contribution is 0.578. The van der Waals surface area contributed by atoms with Gasteiger partial charge in [-0.15, -0.1) is 5.10 Å². The number of sulfonamides is 1.